The Morgan fingerprint density at radius 3 is 2.50 bits per heavy atom. The smallest absolute Gasteiger partial charge is 0.310 e. The van der Waals surface area contributed by atoms with Crippen LogP contribution in [0.2, 0.25) is 0 Å². The van der Waals surface area contributed by atoms with Crippen molar-refractivity contribution in [2.24, 2.45) is 0 Å². The minimum atomic E-state index is -0.431. The highest BCUT2D eigenvalue weighted by molar-refractivity contribution is 5.73. The maximum atomic E-state index is 11.5. The van der Waals surface area contributed by atoms with Crippen molar-refractivity contribution < 1.29 is 14.5 Å². The van der Waals surface area contributed by atoms with Crippen LogP contribution in [0.3, 0.4) is 0 Å². The van der Waals surface area contributed by atoms with Crippen LogP contribution in [0.25, 0.3) is 0 Å². The van der Waals surface area contributed by atoms with Gasteiger partial charge in [-0.2, -0.15) is 0 Å². The zero-order valence-electron chi connectivity index (χ0n) is 11.0. The van der Waals surface area contributed by atoms with Crippen LogP contribution in [0.1, 0.15) is 30.5 Å². The van der Waals surface area contributed by atoms with Crippen LogP contribution in [0.4, 0.5) is 5.69 Å². The number of carbonyl (C=O) groups is 1. The van der Waals surface area contributed by atoms with Crippen LogP contribution < -0.4 is 0 Å². The van der Waals surface area contributed by atoms with E-state index in [1.54, 1.807) is 33.8 Å². The van der Waals surface area contributed by atoms with E-state index in [1.165, 1.54) is 6.07 Å². The first-order chi connectivity index (χ1) is 8.31. The van der Waals surface area contributed by atoms with Gasteiger partial charge in [-0.25, -0.2) is 0 Å². The fourth-order valence-electron chi connectivity index (χ4n) is 1.68. The van der Waals surface area contributed by atoms with E-state index in [0.29, 0.717) is 11.1 Å². The van der Waals surface area contributed by atoms with E-state index in [0.717, 1.165) is 5.56 Å². The van der Waals surface area contributed by atoms with E-state index in [2.05, 4.69) is 0 Å². The molecule has 0 unspecified atom stereocenters. The summed E-state index contributed by atoms with van der Waals surface area (Å²) in [5, 5.41) is 10.9. The van der Waals surface area contributed by atoms with Gasteiger partial charge in [-0.05, 0) is 38.8 Å². The van der Waals surface area contributed by atoms with Crippen molar-refractivity contribution in [1.82, 2.24) is 0 Å². The number of benzene rings is 1. The van der Waals surface area contributed by atoms with E-state index >= 15 is 0 Å². The second-order valence-electron chi connectivity index (χ2n) is 4.53. The van der Waals surface area contributed by atoms with E-state index in [-0.39, 0.29) is 24.2 Å². The normalized spacial score (nSPS) is 10.5. The molecular weight excluding hydrogens is 234 g/mol. The summed E-state index contributed by atoms with van der Waals surface area (Å²) in [6, 6.07) is 3.22. The Hall–Kier alpha value is -1.91. The molecular formula is C13H17NO4. The third-order valence-corrected chi connectivity index (χ3v) is 2.61. The first-order valence-corrected chi connectivity index (χ1v) is 5.75. The molecule has 0 heterocycles. The predicted molar refractivity (Wildman–Crippen MR) is 67.5 cm³/mol. The number of carbonyl (C=O) groups excluding carboxylic acids is 1. The van der Waals surface area contributed by atoms with Crippen LogP contribution >= 0.6 is 0 Å². The van der Waals surface area contributed by atoms with Crippen molar-refractivity contribution in [2.75, 3.05) is 0 Å². The average molecular weight is 251 g/mol. The fourth-order valence-corrected chi connectivity index (χ4v) is 1.68. The Bertz CT molecular complexity index is 480. The van der Waals surface area contributed by atoms with Crippen molar-refractivity contribution in [3.05, 3.63) is 38.9 Å². The average Bonchev–Trinajstić information content (AvgIpc) is 2.21. The molecule has 0 fully saturated rings. The minimum Gasteiger partial charge on any atom is -0.463 e. The molecule has 0 aliphatic rings. The van der Waals surface area contributed by atoms with Gasteiger partial charge in [-0.3, -0.25) is 14.9 Å². The fraction of sp³-hybridized carbons (Fsp3) is 0.462. The van der Waals surface area contributed by atoms with Crippen molar-refractivity contribution in [3.63, 3.8) is 0 Å². The van der Waals surface area contributed by atoms with Gasteiger partial charge in [0.1, 0.15) is 0 Å². The summed E-state index contributed by atoms with van der Waals surface area (Å²) >= 11 is 0. The SMILES string of the molecule is Cc1cc(CC(=O)OC(C)C)cc([N+](=O)[O-])c1C. The number of hydrogen-bond donors (Lipinski definition) is 0. The van der Waals surface area contributed by atoms with Gasteiger partial charge in [0.2, 0.25) is 0 Å². The molecule has 0 saturated heterocycles. The lowest BCUT2D eigenvalue weighted by molar-refractivity contribution is -0.385. The summed E-state index contributed by atoms with van der Waals surface area (Å²) < 4.78 is 5.02. The molecule has 1 aromatic carbocycles. The zero-order valence-corrected chi connectivity index (χ0v) is 11.0. The molecule has 0 aromatic heterocycles. The first kappa shape index (κ1) is 14.2. The van der Waals surface area contributed by atoms with Gasteiger partial charge in [0.05, 0.1) is 17.4 Å². The number of esters is 1. The van der Waals surface area contributed by atoms with Gasteiger partial charge < -0.3 is 4.74 Å². The van der Waals surface area contributed by atoms with Gasteiger partial charge >= 0.3 is 5.97 Å². The molecule has 18 heavy (non-hydrogen) atoms. The quantitative estimate of drug-likeness (QED) is 0.468. The molecule has 5 nitrogen and oxygen atoms in total. The summed E-state index contributed by atoms with van der Waals surface area (Å²) in [6.07, 6.45) is -0.126. The van der Waals surface area contributed by atoms with Crippen LogP contribution in [0.5, 0.6) is 0 Å². The van der Waals surface area contributed by atoms with E-state index < -0.39 is 4.92 Å². The topological polar surface area (TPSA) is 69.4 Å². The van der Waals surface area contributed by atoms with Gasteiger partial charge in [0, 0.05) is 11.6 Å². The monoisotopic (exact) mass is 251 g/mol. The Kier molecular flexibility index (Phi) is 4.42. The molecule has 98 valence electrons. The molecule has 0 aliphatic heterocycles. The summed E-state index contributed by atoms with van der Waals surface area (Å²) in [6.45, 7) is 7.02. The third-order valence-electron chi connectivity index (χ3n) is 2.61. The van der Waals surface area contributed by atoms with Crippen molar-refractivity contribution in [2.45, 2.75) is 40.2 Å². The van der Waals surface area contributed by atoms with E-state index in [9.17, 15) is 14.9 Å². The lowest BCUT2D eigenvalue weighted by Crippen LogP contribution is -2.14. The molecule has 0 spiro atoms. The Morgan fingerprint density at radius 1 is 1.39 bits per heavy atom. The number of rotatable bonds is 4. The van der Waals surface area contributed by atoms with Gasteiger partial charge in [-0.15, -0.1) is 0 Å². The largest absolute Gasteiger partial charge is 0.463 e. The second-order valence-corrected chi connectivity index (χ2v) is 4.53. The Balaban J connectivity index is 2.97. The number of nitrogens with zero attached hydrogens (tertiary/aromatic N) is 1. The van der Waals surface area contributed by atoms with Gasteiger partial charge in [0.15, 0.2) is 0 Å². The highest BCUT2D eigenvalue weighted by Gasteiger charge is 2.16. The second kappa shape index (κ2) is 5.62. The number of aryl methyl sites for hydroxylation is 1. The maximum absolute atomic E-state index is 11.5. The first-order valence-electron chi connectivity index (χ1n) is 5.75. The molecule has 0 atom stereocenters. The molecule has 0 aliphatic carbocycles. The molecule has 0 amide bonds. The summed E-state index contributed by atoms with van der Waals surface area (Å²) in [5.41, 5.74) is 2.08. The summed E-state index contributed by atoms with van der Waals surface area (Å²) in [5.74, 6) is -0.373. The lowest BCUT2D eigenvalue weighted by atomic mass is 10.0. The molecule has 0 N–H and O–H groups in total. The molecule has 5 heteroatoms. The summed E-state index contributed by atoms with van der Waals surface area (Å²) in [7, 11) is 0. The van der Waals surface area contributed by atoms with E-state index in [1.807, 2.05) is 0 Å². The molecule has 0 bridgehead atoms. The molecule has 0 radical (unpaired) electrons. The molecule has 1 rings (SSSR count). The third kappa shape index (κ3) is 3.55. The molecule has 1 aromatic rings. The maximum Gasteiger partial charge on any atom is 0.310 e. The summed E-state index contributed by atoms with van der Waals surface area (Å²) in [4.78, 5) is 22.0. The van der Waals surface area contributed by atoms with E-state index in [4.69, 9.17) is 4.74 Å². The Labute approximate surface area is 106 Å². The van der Waals surface area contributed by atoms with Crippen molar-refractivity contribution in [1.29, 1.82) is 0 Å². The highest BCUT2D eigenvalue weighted by Crippen LogP contribution is 2.23. The number of nitro groups is 1. The number of ether oxygens (including phenoxy) is 1. The standard InChI is InChI=1S/C13H17NO4/c1-8(2)18-13(15)7-11-5-9(3)10(4)12(6-11)14(16)17/h5-6,8H,7H2,1-4H3. The molecule has 0 saturated carbocycles. The van der Waals surface area contributed by atoms with Gasteiger partial charge in [-0.1, -0.05) is 6.07 Å². The highest BCUT2D eigenvalue weighted by atomic mass is 16.6. The Morgan fingerprint density at radius 2 is 2.00 bits per heavy atom. The predicted octanol–water partition coefficient (Wildman–Crippen LogP) is 2.71. The number of hydrogen-bond acceptors (Lipinski definition) is 4. The van der Waals surface area contributed by atoms with Crippen LogP contribution in [-0.2, 0) is 16.0 Å². The van der Waals surface area contributed by atoms with Crippen molar-refractivity contribution >= 4 is 11.7 Å². The van der Waals surface area contributed by atoms with Crippen LogP contribution in [-0.4, -0.2) is 17.0 Å². The number of nitro benzene ring substituents is 1. The van der Waals surface area contributed by atoms with Crippen LogP contribution in [0.15, 0.2) is 12.1 Å². The lowest BCUT2D eigenvalue weighted by Gasteiger charge is -2.09. The minimum absolute atomic E-state index is 0.0438. The van der Waals surface area contributed by atoms with Gasteiger partial charge in [0.25, 0.3) is 5.69 Å². The van der Waals surface area contributed by atoms with Crippen molar-refractivity contribution in [3.8, 4) is 0 Å². The zero-order chi connectivity index (χ0) is 13.9. The van der Waals surface area contributed by atoms with Crippen LogP contribution in [0, 0.1) is 24.0 Å².